The second-order valence-electron chi connectivity index (χ2n) is 7.43. The smallest absolute Gasteiger partial charge is 0.123 e. The van der Waals surface area contributed by atoms with Crippen LogP contribution in [0.5, 0.6) is 5.75 Å². The fourth-order valence-electron chi connectivity index (χ4n) is 5.73. The van der Waals surface area contributed by atoms with Gasteiger partial charge in [0, 0.05) is 12.1 Å². The highest BCUT2D eigenvalue weighted by molar-refractivity contribution is 5.41. The molecule has 2 heteroatoms. The van der Waals surface area contributed by atoms with Crippen molar-refractivity contribution >= 4 is 0 Å². The van der Waals surface area contributed by atoms with Crippen molar-refractivity contribution in [2.45, 2.75) is 50.5 Å². The van der Waals surface area contributed by atoms with E-state index >= 15 is 0 Å². The highest BCUT2D eigenvalue weighted by Gasteiger charge is 2.51. The molecule has 1 aromatic carbocycles. The van der Waals surface area contributed by atoms with Crippen molar-refractivity contribution in [1.29, 1.82) is 0 Å². The monoisotopic (exact) mass is 271 g/mol. The van der Waals surface area contributed by atoms with Gasteiger partial charge in [0.05, 0.1) is 7.11 Å². The molecule has 5 rings (SSSR count). The van der Waals surface area contributed by atoms with Crippen LogP contribution in [0.3, 0.4) is 0 Å². The highest BCUT2D eigenvalue weighted by Crippen LogP contribution is 2.60. The molecule has 4 saturated carbocycles. The van der Waals surface area contributed by atoms with E-state index in [1.165, 1.54) is 49.7 Å². The predicted molar refractivity (Wildman–Crippen MR) is 80.7 cm³/mol. The van der Waals surface area contributed by atoms with E-state index in [9.17, 15) is 0 Å². The van der Waals surface area contributed by atoms with Crippen LogP contribution in [-0.2, 0) is 12.0 Å². The van der Waals surface area contributed by atoms with Crippen molar-refractivity contribution in [2.75, 3.05) is 7.11 Å². The molecule has 108 valence electrons. The molecule has 0 aliphatic heterocycles. The van der Waals surface area contributed by atoms with E-state index in [-0.39, 0.29) is 0 Å². The van der Waals surface area contributed by atoms with Crippen molar-refractivity contribution in [3.05, 3.63) is 29.3 Å². The van der Waals surface area contributed by atoms with Crippen molar-refractivity contribution in [2.24, 2.45) is 23.5 Å². The number of hydrogen-bond donors (Lipinski definition) is 1. The Labute approximate surface area is 121 Å². The van der Waals surface area contributed by atoms with Crippen LogP contribution in [0.1, 0.15) is 49.7 Å². The van der Waals surface area contributed by atoms with E-state index in [4.69, 9.17) is 10.5 Å². The van der Waals surface area contributed by atoms with E-state index in [1.807, 2.05) is 0 Å². The molecular formula is C18H25NO. The lowest BCUT2D eigenvalue weighted by atomic mass is 9.48. The zero-order valence-electron chi connectivity index (χ0n) is 12.4. The summed E-state index contributed by atoms with van der Waals surface area (Å²) in [5.41, 5.74) is 9.08. The molecule has 4 aliphatic carbocycles. The minimum atomic E-state index is 0.463. The van der Waals surface area contributed by atoms with Crippen LogP contribution in [-0.4, -0.2) is 7.11 Å². The molecule has 2 nitrogen and oxygen atoms in total. The lowest BCUT2D eigenvalue weighted by Crippen LogP contribution is -2.48. The third-order valence-electron chi connectivity index (χ3n) is 6.15. The van der Waals surface area contributed by atoms with Crippen molar-refractivity contribution < 1.29 is 4.74 Å². The molecule has 20 heavy (non-hydrogen) atoms. The van der Waals surface area contributed by atoms with E-state index < -0.39 is 0 Å². The van der Waals surface area contributed by atoms with Gasteiger partial charge in [-0.2, -0.15) is 0 Å². The number of nitrogens with two attached hydrogens (primary N) is 1. The van der Waals surface area contributed by atoms with Crippen LogP contribution in [0.25, 0.3) is 0 Å². The van der Waals surface area contributed by atoms with Crippen molar-refractivity contribution in [1.82, 2.24) is 0 Å². The lowest BCUT2D eigenvalue weighted by molar-refractivity contribution is -0.00523. The summed E-state index contributed by atoms with van der Waals surface area (Å²) >= 11 is 0. The molecule has 0 spiro atoms. The van der Waals surface area contributed by atoms with Gasteiger partial charge in [-0.05, 0) is 73.3 Å². The standard InChI is InChI=1S/C18H25NO/c1-20-17-3-2-16(7-15(17)11-19)18-8-12-4-13(9-18)6-14(5-12)10-18/h2-3,7,12-14H,4-6,8-11,19H2,1H3. The van der Waals surface area contributed by atoms with Crippen LogP contribution in [0.4, 0.5) is 0 Å². The Morgan fingerprint density at radius 3 is 2.20 bits per heavy atom. The molecule has 0 heterocycles. The number of benzene rings is 1. The number of ether oxygens (including phenoxy) is 1. The van der Waals surface area contributed by atoms with E-state index in [0.717, 1.165) is 23.5 Å². The Morgan fingerprint density at radius 1 is 1.10 bits per heavy atom. The first-order valence-electron chi connectivity index (χ1n) is 8.10. The van der Waals surface area contributed by atoms with Gasteiger partial charge in [0.1, 0.15) is 5.75 Å². The van der Waals surface area contributed by atoms with Gasteiger partial charge in [0.15, 0.2) is 0 Å². The zero-order valence-corrected chi connectivity index (χ0v) is 12.4. The maximum Gasteiger partial charge on any atom is 0.123 e. The average molecular weight is 271 g/mol. The van der Waals surface area contributed by atoms with Gasteiger partial charge in [0.2, 0.25) is 0 Å². The SMILES string of the molecule is COc1ccc(C23CC4CC(CC(C4)C2)C3)cc1CN. The van der Waals surface area contributed by atoms with Crippen molar-refractivity contribution in [3.8, 4) is 5.75 Å². The predicted octanol–water partition coefficient (Wildman–Crippen LogP) is 3.62. The Morgan fingerprint density at radius 2 is 1.70 bits per heavy atom. The van der Waals surface area contributed by atoms with Gasteiger partial charge in [0.25, 0.3) is 0 Å². The van der Waals surface area contributed by atoms with Gasteiger partial charge >= 0.3 is 0 Å². The van der Waals surface area contributed by atoms with E-state index in [2.05, 4.69) is 18.2 Å². The first-order valence-corrected chi connectivity index (χ1v) is 8.10. The van der Waals surface area contributed by atoms with Gasteiger partial charge in [-0.25, -0.2) is 0 Å². The summed E-state index contributed by atoms with van der Waals surface area (Å²) in [6.07, 6.45) is 8.73. The first-order chi connectivity index (χ1) is 9.72. The van der Waals surface area contributed by atoms with Crippen LogP contribution in [0.2, 0.25) is 0 Å². The molecule has 0 atom stereocenters. The molecule has 0 amide bonds. The molecule has 0 radical (unpaired) electrons. The molecule has 4 bridgehead atoms. The minimum absolute atomic E-state index is 0.463. The lowest BCUT2D eigenvalue weighted by Gasteiger charge is -2.57. The Bertz CT molecular complexity index is 487. The Hall–Kier alpha value is -1.02. The normalized spacial score (nSPS) is 38.2. The van der Waals surface area contributed by atoms with Gasteiger partial charge in [-0.1, -0.05) is 12.1 Å². The van der Waals surface area contributed by atoms with Crippen LogP contribution < -0.4 is 10.5 Å². The number of hydrogen-bond acceptors (Lipinski definition) is 2. The molecule has 4 fully saturated rings. The summed E-state index contributed by atoms with van der Waals surface area (Å²) in [5, 5.41) is 0. The Balaban J connectivity index is 1.73. The number of rotatable bonds is 3. The molecule has 0 unspecified atom stereocenters. The molecule has 0 saturated heterocycles. The van der Waals surface area contributed by atoms with Gasteiger partial charge in [-0.3, -0.25) is 0 Å². The molecule has 0 aromatic heterocycles. The maximum atomic E-state index is 5.91. The third kappa shape index (κ3) is 1.81. The second-order valence-corrected chi connectivity index (χ2v) is 7.43. The fourth-order valence-corrected chi connectivity index (χ4v) is 5.73. The van der Waals surface area contributed by atoms with Gasteiger partial charge < -0.3 is 10.5 Å². The third-order valence-corrected chi connectivity index (χ3v) is 6.15. The largest absolute Gasteiger partial charge is 0.496 e. The van der Waals surface area contributed by atoms with Crippen LogP contribution in [0.15, 0.2) is 18.2 Å². The van der Waals surface area contributed by atoms with Crippen molar-refractivity contribution in [3.63, 3.8) is 0 Å². The van der Waals surface area contributed by atoms with Crippen LogP contribution >= 0.6 is 0 Å². The maximum absolute atomic E-state index is 5.91. The average Bonchev–Trinajstić information content (AvgIpc) is 2.45. The first kappa shape index (κ1) is 12.7. The molecule has 2 N–H and O–H groups in total. The topological polar surface area (TPSA) is 35.2 Å². The van der Waals surface area contributed by atoms with E-state index in [0.29, 0.717) is 12.0 Å². The van der Waals surface area contributed by atoms with Crippen LogP contribution in [0, 0.1) is 17.8 Å². The number of methoxy groups -OCH3 is 1. The van der Waals surface area contributed by atoms with E-state index in [1.54, 1.807) is 7.11 Å². The molecule has 4 aliphatic rings. The summed E-state index contributed by atoms with van der Waals surface area (Å²) < 4.78 is 5.43. The summed E-state index contributed by atoms with van der Waals surface area (Å²) in [4.78, 5) is 0. The summed E-state index contributed by atoms with van der Waals surface area (Å²) in [6.45, 7) is 0.573. The zero-order chi connectivity index (χ0) is 13.7. The summed E-state index contributed by atoms with van der Waals surface area (Å²) in [5.74, 6) is 3.92. The molecular weight excluding hydrogens is 246 g/mol. The van der Waals surface area contributed by atoms with Gasteiger partial charge in [-0.15, -0.1) is 0 Å². The Kier molecular flexibility index (Phi) is 2.85. The second kappa shape index (κ2) is 4.49. The summed E-state index contributed by atoms with van der Waals surface area (Å²) in [6, 6.07) is 6.78. The highest BCUT2D eigenvalue weighted by atomic mass is 16.5. The minimum Gasteiger partial charge on any atom is -0.496 e. The molecule has 1 aromatic rings. The fraction of sp³-hybridized carbons (Fsp3) is 0.667. The summed E-state index contributed by atoms with van der Waals surface area (Å²) in [7, 11) is 1.74. The quantitative estimate of drug-likeness (QED) is 0.911.